The van der Waals surface area contributed by atoms with Gasteiger partial charge in [0, 0.05) is 43.6 Å². The third-order valence-corrected chi connectivity index (χ3v) is 10.4. The van der Waals surface area contributed by atoms with E-state index in [2.05, 4.69) is 4.74 Å². The second-order valence-corrected chi connectivity index (χ2v) is 15.2. The van der Waals surface area contributed by atoms with E-state index in [1.807, 2.05) is 0 Å². The number of esters is 2. The van der Waals surface area contributed by atoms with E-state index in [9.17, 15) is 32.4 Å². The highest BCUT2D eigenvalue weighted by atomic mass is 35.5. The summed E-state index contributed by atoms with van der Waals surface area (Å²) in [4.78, 5) is 66.2. The van der Waals surface area contributed by atoms with Gasteiger partial charge in [-0.05, 0) is 72.9 Å². The van der Waals surface area contributed by atoms with E-state index in [1.165, 1.54) is 32.0 Å². The predicted molar refractivity (Wildman–Crippen MR) is 191 cm³/mol. The van der Waals surface area contributed by atoms with Crippen LogP contribution in [-0.2, 0) is 57.8 Å². The molecule has 0 aliphatic carbocycles. The number of methoxy groups -OCH3 is 1. The summed E-state index contributed by atoms with van der Waals surface area (Å²) < 4.78 is 49.5. The van der Waals surface area contributed by atoms with E-state index in [-0.39, 0.29) is 39.4 Å². The fourth-order valence-electron chi connectivity index (χ4n) is 5.91. The van der Waals surface area contributed by atoms with Crippen LogP contribution in [0.5, 0.6) is 0 Å². The van der Waals surface area contributed by atoms with E-state index in [1.54, 1.807) is 47.6 Å². The molecule has 1 aliphatic heterocycles. The van der Waals surface area contributed by atoms with Crippen molar-refractivity contribution < 1.29 is 55.8 Å². The lowest BCUT2D eigenvalue weighted by molar-refractivity contribution is -0.175. The second kappa shape index (κ2) is 16.4. The molecule has 1 amide bonds. The molecule has 0 N–H and O–H groups in total. The number of ketones is 1. The highest BCUT2D eigenvalue weighted by Crippen LogP contribution is 2.37. The first-order chi connectivity index (χ1) is 25.0. The molecule has 3 aromatic carbocycles. The zero-order valence-electron chi connectivity index (χ0n) is 29.1. The van der Waals surface area contributed by atoms with Gasteiger partial charge in [-0.1, -0.05) is 41.4 Å². The first kappa shape index (κ1) is 39.3. The summed E-state index contributed by atoms with van der Waals surface area (Å²) in [6.45, 7) is 2.97. The van der Waals surface area contributed by atoms with Gasteiger partial charge in [-0.25, -0.2) is 18.0 Å². The fourth-order valence-corrected chi connectivity index (χ4v) is 7.40. The van der Waals surface area contributed by atoms with Crippen molar-refractivity contribution in [1.29, 1.82) is 0 Å². The molecular formula is C37H35Cl2NO12S. The van der Waals surface area contributed by atoms with Crippen molar-refractivity contribution in [2.24, 2.45) is 5.92 Å². The Morgan fingerprint density at radius 2 is 1.70 bits per heavy atom. The standard InChI is InChI=1S/C37H35Cl2NO12S/c1-20(35(43)48-3)50-37(45)52-21(2)51-36(44)25(14-22-6-5-7-27(15-22)53(4,46)47)17-30(41)32-29(38)16-26-19-40(12-10-28(26)33(32)39)34(42)24-9-8-23-11-13-49-31(23)18-24/h5-9,11,13,15-16,18,20-21,25H,10,12,14,17,19H2,1-4H3/t20-,21?,25-/m1/s1. The number of fused-ring (bicyclic) bond motifs is 2. The van der Waals surface area contributed by atoms with Gasteiger partial charge in [-0.3, -0.25) is 14.4 Å². The average molecular weight is 789 g/mol. The highest BCUT2D eigenvalue weighted by Gasteiger charge is 2.32. The van der Waals surface area contributed by atoms with Crippen LogP contribution in [0, 0.1) is 5.92 Å². The van der Waals surface area contributed by atoms with Crippen LogP contribution >= 0.6 is 23.2 Å². The van der Waals surface area contributed by atoms with Gasteiger partial charge in [0.05, 0.1) is 39.8 Å². The average Bonchev–Trinajstić information content (AvgIpc) is 3.58. The Labute approximate surface area is 314 Å². The number of Topliss-reactive ketones (excluding diaryl/α,β-unsaturated/α-hetero) is 1. The van der Waals surface area contributed by atoms with Crippen molar-refractivity contribution in [2.45, 2.75) is 56.9 Å². The van der Waals surface area contributed by atoms with Gasteiger partial charge >= 0.3 is 18.1 Å². The number of halogens is 2. The maximum Gasteiger partial charge on any atom is 0.512 e. The second-order valence-electron chi connectivity index (χ2n) is 12.4. The SMILES string of the molecule is COC(=O)[C@@H](C)OC(=O)OC(C)OC(=O)[C@@H](CC(=O)c1c(Cl)cc2c(c1Cl)CCN(C(=O)c1ccc3ccoc3c1)C2)Cc1cccc(S(C)(=O)=O)c1. The Hall–Kier alpha value is -4.92. The van der Waals surface area contributed by atoms with Crippen LogP contribution in [0.4, 0.5) is 4.79 Å². The Balaban J connectivity index is 1.35. The van der Waals surface area contributed by atoms with Crippen molar-refractivity contribution in [1.82, 2.24) is 4.90 Å². The van der Waals surface area contributed by atoms with Crippen molar-refractivity contribution in [3.63, 3.8) is 0 Å². The summed E-state index contributed by atoms with van der Waals surface area (Å²) in [5.41, 5.74) is 2.70. The number of nitrogens with zero attached hydrogens (tertiary/aromatic N) is 1. The van der Waals surface area contributed by atoms with Gasteiger partial charge < -0.3 is 28.3 Å². The van der Waals surface area contributed by atoms with E-state index in [0.717, 1.165) is 18.8 Å². The minimum atomic E-state index is -3.60. The lowest BCUT2D eigenvalue weighted by Gasteiger charge is -2.30. The molecule has 3 atom stereocenters. The number of ether oxygens (including phenoxy) is 4. The number of hydrogen-bond donors (Lipinski definition) is 0. The van der Waals surface area contributed by atoms with Crippen molar-refractivity contribution in [3.8, 4) is 0 Å². The van der Waals surface area contributed by atoms with Crippen molar-refractivity contribution >= 4 is 73.8 Å². The topological polar surface area (TPSA) is 173 Å². The van der Waals surface area contributed by atoms with Crippen LogP contribution in [0.25, 0.3) is 11.0 Å². The third-order valence-electron chi connectivity index (χ3n) is 8.60. The number of carbonyl (C=O) groups excluding carboxylic acids is 5. The van der Waals surface area contributed by atoms with E-state index in [4.69, 9.17) is 41.8 Å². The predicted octanol–water partition coefficient (Wildman–Crippen LogP) is 6.38. The molecule has 280 valence electrons. The van der Waals surface area contributed by atoms with Gasteiger partial charge in [-0.2, -0.15) is 0 Å². The molecule has 2 heterocycles. The molecule has 0 saturated carbocycles. The number of benzene rings is 3. The molecule has 1 aromatic heterocycles. The normalized spacial score (nSPS) is 14.4. The van der Waals surface area contributed by atoms with Gasteiger partial charge in [0.1, 0.15) is 5.58 Å². The first-order valence-electron chi connectivity index (χ1n) is 16.3. The molecule has 1 unspecified atom stereocenters. The molecule has 13 nitrogen and oxygen atoms in total. The Bertz CT molecular complexity index is 2200. The lowest BCUT2D eigenvalue weighted by Crippen LogP contribution is -2.36. The lowest BCUT2D eigenvalue weighted by atomic mass is 9.89. The molecule has 1 aliphatic rings. The van der Waals surface area contributed by atoms with Crippen molar-refractivity contribution in [3.05, 3.63) is 98.7 Å². The van der Waals surface area contributed by atoms with Crippen LogP contribution in [0.3, 0.4) is 0 Å². The number of sulfone groups is 1. The maximum absolute atomic E-state index is 13.9. The van der Waals surface area contributed by atoms with Crippen molar-refractivity contribution in [2.75, 3.05) is 19.9 Å². The Morgan fingerprint density at radius 1 is 0.943 bits per heavy atom. The number of amides is 1. The fraction of sp³-hybridized carbons (Fsp3) is 0.324. The van der Waals surface area contributed by atoms with Crippen LogP contribution in [0.2, 0.25) is 10.0 Å². The van der Waals surface area contributed by atoms with Crippen LogP contribution < -0.4 is 0 Å². The molecule has 0 spiro atoms. The summed E-state index contributed by atoms with van der Waals surface area (Å²) in [5, 5.41) is 0.969. The molecule has 0 fully saturated rings. The van der Waals surface area contributed by atoms with Gasteiger partial charge in [-0.15, -0.1) is 0 Å². The summed E-state index contributed by atoms with van der Waals surface area (Å²) in [5.74, 6) is -3.84. The van der Waals surface area contributed by atoms with E-state index in [0.29, 0.717) is 40.8 Å². The zero-order chi connectivity index (χ0) is 38.6. The molecule has 5 rings (SSSR count). The molecule has 53 heavy (non-hydrogen) atoms. The number of carbonyl (C=O) groups is 5. The number of hydrogen-bond acceptors (Lipinski definition) is 12. The smallest absolute Gasteiger partial charge is 0.466 e. The van der Waals surface area contributed by atoms with E-state index >= 15 is 0 Å². The number of rotatable bonds is 12. The molecule has 4 aromatic rings. The summed E-state index contributed by atoms with van der Waals surface area (Å²) >= 11 is 13.5. The monoisotopic (exact) mass is 787 g/mol. The van der Waals surface area contributed by atoms with Crippen LogP contribution in [0.15, 0.2) is 70.2 Å². The van der Waals surface area contributed by atoms with Crippen LogP contribution in [-0.4, -0.2) is 75.4 Å². The quantitative estimate of drug-likeness (QED) is 0.0673. The first-order valence-corrected chi connectivity index (χ1v) is 18.9. The highest BCUT2D eigenvalue weighted by molar-refractivity contribution is 7.90. The largest absolute Gasteiger partial charge is 0.512 e. The minimum absolute atomic E-state index is 0.00225. The minimum Gasteiger partial charge on any atom is -0.466 e. The Morgan fingerprint density at radius 3 is 2.42 bits per heavy atom. The summed E-state index contributed by atoms with van der Waals surface area (Å²) in [6, 6.07) is 14.4. The van der Waals surface area contributed by atoms with Crippen LogP contribution in [0.1, 0.15) is 57.7 Å². The summed E-state index contributed by atoms with van der Waals surface area (Å²) in [7, 11) is -2.49. The third kappa shape index (κ3) is 9.36. The molecule has 0 bridgehead atoms. The van der Waals surface area contributed by atoms with Gasteiger partial charge in [0.15, 0.2) is 21.7 Å². The molecule has 0 radical (unpaired) electrons. The molecule has 0 saturated heterocycles. The number of furan rings is 1. The maximum atomic E-state index is 13.9. The Kier molecular flexibility index (Phi) is 12.2. The van der Waals surface area contributed by atoms with E-state index < -0.39 is 58.4 Å². The summed E-state index contributed by atoms with van der Waals surface area (Å²) in [6.07, 6.45) is -1.84. The molecule has 16 heteroatoms. The van der Waals surface area contributed by atoms with Gasteiger partial charge in [0.25, 0.3) is 5.91 Å². The van der Waals surface area contributed by atoms with Gasteiger partial charge in [0.2, 0.25) is 6.29 Å². The molecular weight excluding hydrogens is 753 g/mol. The zero-order valence-corrected chi connectivity index (χ0v) is 31.4.